The number of amidine groups is 2. The zero-order valence-corrected chi connectivity index (χ0v) is 25.7. The molecule has 5 aromatic rings. The van der Waals surface area contributed by atoms with Gasteiger partial charge in [0.1, 0.15) is 0 Å². The number of aliphatic imine (C=N–C) groups is 1. The summed E-state index contributed by atoms with van der Waals surface area (Å²) < 4.78 is 7.17. The van der Waals surface area contributed by atoms with E-state index >= 15 is 0 Å². The highest BCUT2D eigenvalue weighted by Crippen LogP contribution is 2.36. The fraction of sp³-hybridized carbons (Fsp3) is 0.0857. The van der Waals surface area contributed by atoms with Crippen molar-refractivity contribution < 1.29 is 0 Å². The lowest BCUT2D eigenvalue weighted by molar-refractivity contribution is 1.10. The Morgan fingerprint density at radius 2 is 0.902 bits per heavy atom. The predicted octanol–water partition coefficient (Wildman–Crippen LogP) is 10.2. The van der Waals surface area contributed by atoms with Crippen molar-refractivity contribution in [2.45, 2.75) is 35.5 Å². The molecular formula is C35H31N3S3. The van der Waals surface area contributed by atoms with Crippen LogP contribution in [0.15, 0.2) is 158 Å². The van der Waals surface area contributed by atoms with E-state index in [9.17, 15) is 0 Å². The molecule has 0 unspecified atom stereocenters. The summed E-state index contributed by atoms with van der Waals surface area (Å²) in [5.74, 6) is 1.47. The van der Waals surface area contributed by atoms with Crippen LogP contribution in [0, 0.1) is 20.8 Å². The predicted molar refractivity (Wildman–Crippen MR) is 179 cm³/mol. The third kappa shape index (κ3) is 8.40. The van der Waals surface area contributed by atoms with Crippen molar-refractivity contribution in [3.63, 3.8) is 0 Å². The van der Waals surface area contributed by atoms with Crippen LogP contribution in [0.4, 0.5) is 0 Å². The molecule has 0 heterocycles. The third-order valence-corrected chi connectivity index (χ3v) is 8.96. The lowest BCUT2D eigenvalue weighted by atomic mass is 10.2. The first-order valence-electron chi connectivity index (χ1n) is 13.3. The Labute approximate surface area is 256 Å². The minimum Gasteiger partial charge on any atom is -0.231 e. The van der Waals surface area contributed by atoms with E-state index in [1.807, 2.05) is 24.3 Å². The second kappa shape index (κ2) is 14.3. The van der Waals surface area contributed by atoms with Gasteiger partial charge in [0.25, 0.3) is 0 Å². The van der Waals surface area contributed by atoms with E-state index in [4.69, 9.17) is 9.39 Å². The summed E-state index contributed by atoms with van der Waals surface area (Å²) in [6.07, 6.45) is 0. The molecule has 0 fully saturated rings. The molecule has 204 valence electrons. The maximum Gasteiger partial charge on any atom is 0.169 e. The Bertz CT molecular complexity index is 1550. The van der Waals surface area contributed by atoms with Gasteiger partial charge in [-0.3, -0.25) is 0 Å². The Morgan fingerprint density at radius 1 is 0.488 bits per heavy atom. The minimum atomic E-state index is 0.661. The molecule has 0 aliphatic heterocycles. The molecule has 0 atom stereocenters. The Balaban J connectivity index is 1.62. The number of nitrogens with zero attached hydrogens (tertiary/aromatic N) is 3. The summed E-state index contributed by atoms with van der Waals surface area (Å²) in [6.45, 7) is 6.31. The fourth-order valence-corrected chi connectivity index (χ4v) is 6.44. The maximum atomic E-state index is 5.31. The zero-order valence-electron chi connectivity index (χ0n) is 23.3. The van der Waals surface area contributed by atoms with Crippen LogP contribution >= 0.6 is 35.8 Å². The molecule has 0 bridgehead atoms. The average molecular weight is 590 g/mol. The van der Waals surface area contributed by atoms with Crippen molar-refractivity contribution in [2.24, 2.45) is 9.39 Å². The Morgan fingerprint density at radius 3 is 1.37 bits per heavy atom. The van der Waals surface area contributed by atoms with Crippen molar-refractivity contribution in [2.75, 3.05) is 0 Å². The van der Waals surface area contributed by atoms with E-state index in [-0.39, 0.29) is 0 Å². The molecule has 0 aliphatic carbocycles. The van der Waals surface area contributed by atoms with E-state index in [0.29, 0.717) is 5.84 Å². The molecule has 5 rings (SSSR count). The summed E-state index contributed by atoms with van der Waals surface area (Å²) in [6, 6.07) is 46.2. The van der Waals surface area contributed by atoms with Crippen LogP contribution in [0.1, 0.15) is 27.8 Å². The van der Waals surface area contributed by atoms with Crippen molar-refractivity contribution in [1.29, 1.82) is 0 Å². The van der Waals surface area contributed by atoms with Gasteiger partial charge in [-0.15, -0.1) is 0 Å². The first kappa shape index (κ1) is 28.8. The van der Waals surface area contributed by atoms with Crippen LogP contribution in [0.25, 0.3) is 0 Å². The monoisotopic (exact) mass is 589 g/mol. The number of hydrogen-bond donors (Lipinski definition) is 0. The van der Waals surface area contributed by atoms with E-state index in [2.05, 4.69) is 134 Å². The quantitative estimate of drug-likeness (QED) is 0.102. The molecule has 41 heavy (non-hydrogen) atoms. The molecular weight excluding hydrogens is 559 g/mol. The third-order valence-electron chi connectivity index (χ3n) is 6.13. The van der Waals surface area contributed by atoms with E-state index < -0.39 is 0 Å². The Hall–Kier alpha value is -3.71. The Kier molecular flexibility index (Phi) is 10.0. The van der Waals surface area contributed by atoms with Crippen LogP contribution in [0.5, 0.6) is 0 Å². The summed E-state index contributed by atoms with van der Waals surface area (Å²) in [5, 5.41) is 0. The minimum absolute atomic E-state index is 0.661. The van der Waals surface area contributed by atoms with Crippen LogP contribution < -0.4 is 0 Å². The molecule has 0 amide bonds. The second-order valence-corrected chi connectivity index (χ2v) is 12.7. The van der Waals surface area contributed by atoms with Gasteiger partial charge in [0.2, 0.25) is 0 Å². The van der Waals surface area contributed by atoms with E-state index in [1.165, 1.54) is 28.6 Å². The lowest BCUT2D eigenvalue weighted by Crippen LogP contribution is -2.21. The van der Waals surface area contributed by atoms with Gasteiger partial charge in [0.15, 0.2) is 11.7 Å². The van der Waals surface area contributed by atoms with Gasteiger partial charge in [-0.2, -0.15) is 4.40 Å². The number of hydrogen-bond acceptors (Lipinski definition) is 4. The molecule has 0 spiro atoms. The molecule has 0 N–H and O–H groups in total. The molecule has 6 heteroatoms. The first-order valence-corrected chi connectivity index (χ1v) is 15.7. The smallest absolute Gasteiger partial charge is 0.169 e. The summed E-state index contributed by atoms with van der Waals surface area (Å²) in [5.41, 5.74) is 5.66. The molecule has 0 saturated heterocycles. The van der Waals surface area contributed by atoms with Crippen LogP contribution in [0.2, 0.25) is 0 Å². The molecule has 3 nitrogen and oxygen atoms in total. The van der Waals surface area contributed by atoms with Gasteiger partial charge in [-0.05, 0) is 57.2 Å². The van der Waals surface area contributed by atoms with Crippen LogP contribution in [-0.2, 0) is 0 Å². The topological polar surface area (TPSA) is 28.0 Å². The lowest BCUT2D eigenvalue weighted by Gasteiger charge is -2.24. The second-order valence-electron chi connectivity index (χ2n) is 9.55. The van der Waals surface area contributed by atoms with E-state index in [1.54, 1.807) is 23.9 Å². The molecule has 5 aromatic carbocycles. The van der Waals surface area contributed by atoms with E-state index in [0.717, 1.165) is 31.6 Å². The highest BCUT2D eigenvalue weighted by atomic mass is 32.2. The zero-order chi connectivity index (χ0) is 28.4. The van der Waals surface area contributed by atoms with Gasteiger partial charge < -0.3 is 0 Å². The van der Waals surface area contributed by atoms with Gasteiger partial charge in [0, 0.05) is 61.7 Å². The highest BCUT2D eigenvalue weighted by Gasteiger charge is 2.20. The van der Waals surface area contributed by atoms with Crippen molar-refractivity contribution in [3.05, 3.63) is 161 Å². The summed E-state index contributed by atoms with van der Waals surface area (Å²) in [7, 11) is 0. The van der Waals surface area contributed by atoms with Gasteiger partial charge in [-0.25, -0.2) is 8.70 Å². The largest absolute Gasteiger partial charge is 0.231 e. The number of aryl methyl sites for hydroxylation is 3. The SMILES string of the molecule is Cc1ccc(S/N=C(/N=C(c2ccccc2)N(Sc2ccc(C)cc2)Sc2ccc(C)cc2)c2ccccc2)cc1. The first-order chi connectivity index (χ1) is 20.0. The van der Waals surface area contributed by atoms with Crippen LogP contribution in [-0.4, -0.2) is 15.4 Å². The maximum absolute atomic E-state index is 5.31. The standard InChI is InChI=1S/C35H31N3S3/c1-26-14-20-31(21-15-26)39-37-34(29-10-6-4-7-11-29)36-35(30-12-8-5-9-13-30)38(40-32-22-16-27(2)17-23-32)41-33-24-18-28(3)19-25-33/h4-25H,1-3H3/b36-35?,37-34+. The molecule has 0 aliphatic rings. The summed E-state index contributed by atoms with van der Waals surface area (Å²) >= 11 is 4.75. The average Bonchev–Trinajstić information content (AvgIpc) is 3.01. The fourth-order valence-electron chi connectivity index (χ4n) is 3.81. The number of benzene rings is 5. The number of rotatable bonds is 8. The van der Waals surface area contributed by atoms with Gasteiger partial charge >= 0.3 is 0 Å². The molecule has 0 radical (unpaired) electrons. The highest BCUT2D eigenvalue weighted by molar-refractivity contribution is 8.12. The molecule has 0 saturated carbocycles. The van der Waals surface area contributed by atoms with Crippen molar-refractivity contribution in [1.82, 2.24) is 3.71 Å². The van der Waals surface area contributed by atoms with Crippen molar-refractivity contribution in [3.8, 4) is 0 Å². The molecule has 0 aromatic heterocycles. The van der Waals surface area contributed by atoms with Crippen molar-refractivity contribution >= 4 is 47.5 Å². The van der Waals surface area contributed by atoms with Gasteiger partial charge in [-0.1, -0.05) is 114 Å². The van der Waals surface area contributed by atoms with Gasteiger partial charge in [0.05, 0.1) is 0 Å². The summed E-state index contributed by atoms with van der Waals surface area (Å²) in [4.78, 5) is 8.64. The normalized spacial score (nSPS) is 11.9. The van der Waals surface area contributed by atoms with Crippen LogP contribution in [0.3, 0.4) is 0 Å².